The third-order valence-corrected chi connectivity index (χ3v) is 4.80. The standard InChI is InChI=1S/C20H23N3O3/c1-25-20(24)18-6-4-10-23(18)17-8-11-22(12-9-17)13-14-26-19-7-3-2-5-16(19)15-21/h2-7,10,17H,8-9,11-14H2,1H3. The van der Waals surface area contributed by atoms with E-state index in [1.165, 1.54) is 7.11 Å². The summed E-state index contributed by atoms with van der Waals surface area (Å²) in [6.07, 6.45) is 3.91. The van der Waals surface area contributed by atoms with Gasteiger partial charge >= 0.3 is 5.97 Å². The predicted molar refractivity (Wildman–Crippen MR) is 97.1 cm³/mol. The van der Waals surface area contributed by atoms with Crippen LogP contribution in [0.25, 0.3) is 0 Å². The largest absolute Gasteiger partial charge is 0.491 e. The molecule has 6 heteroatoms. The molecule has 136 valence electrons. The molecule has 0 bridgehead atoms. The third-order valence-electron chi connectivity index (χ3n) is 4.80. The van der Waals surface area contributed by atoms with E-state index in [1.807, 2.05) is 35.0 Å². The number of nitriles is 1. The number of ether oxygens (including phenoxy) is 2. The van der Waals surface area contributed by atoms with E-state index in [9.17, 15) is 4.79 Å². The minimum absolute atomic E-state index is 0.290. The molecular formula is C20H23N3O3. The maximum Gasteiger partial charge on any atom is 0.354 e. The summed E-state index contributed by atoms with van der Waals surface area (Å²) in [7, 11) is 1.41. The second-order valence-electron chi connectivity index (χ2n) is 6.32. The number of aromatic nitrogens is 1. The molecule has 1 aliphatic heterocycles. The zero-order valence-corrected chi connectivity index (χ0v) is 14.9. The molecule has 1 aromatic heterocycles. The number of hydrogen-bond acceptors (Lipinski definition) is 5. The second-order valence-corrected chi connectivity index (χ2v) is 6.32. The third kappa shape index (κ3) is 4.06. The van der Waals surface area contributed by atoms with Crippen molar-refractivity contribution in [3.8, 4) is 11.8 Å². The average Bonchev–Trinajstić information content (AvgIpc) is 3.18. The first kappa shape index (κ1) is 18.0. The van der Waals surface area contributed by atoms with E-state index in [2.05, 4.69) is 11.0 Å². The van der Waals surface area contributed by atoms with Crippen LogP contribution in [0.3, 0.4) is 0 Å². The Kier molecular flexibility index (Phi) is 5.92. The monoisotopic (exact) mass is 353 g/mol. The zero-order chi connectivity index (χ0) is 18.4. The highest BCUT2D eigenvalue weighted by Gasteiger charge is 2.23. The summed E-state index contributed by atoms with van der Waals surface area (Å²) < 4.78 is 12.6. The molecule has 26 heavy (non-hydrogen) atoms. The number of hydrogen-bond donors (Lipinski definition) is 0. The Bertz CT molecular complexity index is 786. The maximum atomic E-state index is 11.8. The molecule has 1 aromatic carbocycles. The van der Waals surface area contributed by atoms with Gasteiger partial charge in [0.25, 0.3) is 0 Å². The Labute approximate surface area is 153 Å². The lowest BCUT2D eigenvalue weighted by molar-refractivity contribution is 0.0581. The van der Waals surface area contributed by atoms with Crippen LogP contribution in [-0.4, -0.2) is 48.8 Å². The number of carbonyl (C=O) groups excluding carboxylic acids is 1. The molecule has 1 fully saturated rings. The number of piperidine rings is 1. The molecule has 6 nitrogen and oxygen atoms in total. The molecule has 1 saturated heterocycles. The van der Waals surface area contributed by atoms with E-state index in [0.717, 1.165) is 32.5 Å². The van der Waals surface area contributed by atoms with E-state index in [0.29, 0.717) is 29.7 Å². The van der Waals surface area contributed by atoms with Crippen LogP contribution < -0.4 is 4.74 Å². The van der Waals surface area contributed by atoms with Crippen molar-refractivity contribution in [3.63, 3.8) is 0 Å². The Morgan fingerprint density at radius 3 is 2.73 bits per heavy atom. The van der Waals surface area contributed by atoms with Gasteiger partial charge in [0.05, 0.1) is 12.7 Å². The Balaban J connectivity index is 1.48. The smallest absolute Gasteiger partial charge is 0.354 e. The number of esters is 1. The summed E-state index contributed by atoms with van der Waals surface area (Å²) in [6.45, 7) is 3.28. The minimum Gasteiger partial charge on any atom is -0.491 e. The van der Waals surface area contributed by atoms with Gasteiger partial charge < -0.3 is 14.0 Å². The van der Waals surface area contributed by atoms with Gasteiger partial charge in [-0.3, -0.25) is 4.90 Å². The van der Waals surface area contributed by atoms with Gasteiger partial charge in [0.2, 0.25) is 0 Å². The zero-order valence-electron chi connectivity index (χ0n) is 14.9. The fourth-order valence-electron chi connectivity index (χ4n) is 3.38. The summed E-state index contributed by atoms with van der Waals surface area (Å²) in [6, 6.07) is 13.4. The highest BCUT2D eigenvalue weighted by atomic mass is 16.5. The second kappa shape index (κ2) is 8.54. The lowest BCUT2D eigenvalue weighted by Gasteiger charge is -2.33. The molecule has 0 amide bonds. The Morgan fingerprint density at radius 2 is 2.00 bits per heavy atom. The normalized spacial score (nSPS) is 15.4. The van der Waals surface area contributed by atoms with Crippen LogP contribution in [0.4, 0.5) is 0 Å². The van der Waals surface area contributed by atoms with Crippen molar-refractivity contribution in [2.45, 2.75) is 18.9 Å². The van der Waals surface area contributed by atoms with Crippen molar-refractivity contribution in [2.24, 2.45) is 0 Å². The summed E-state index contributed by atoms with van der Waals surface area (Å²) in [5, 5.41) is 9.09. The van der Waals surface area contributed by atoms with Crippen molar-refractivity contribution in [2.75, 3.05) is 33.4 Å². The molecule has 1 aliphatic rings. The summed E-state index contributed by atoms with van der Waals surface area (Å²) >= 11 is 0. The fourth-order valence-corrected chi connectivity index (χ4v) is 3.38. The summed E-state index contributed by atoms with van der Waals surface area (Å²) in [4.78, 5) is 14.2. The van der Waals surface area contributed by atoms with Gasteiger partial charge in [-0.2, -0.15) is 5.26 Å². The molecule has 0 N–H and O–H groups in total. The van der Waals surface area contributed by atoms with E-state index in [-0.39, 0.29) is 5.97 Å². The number of carbonyl (C=O) groups is 1. The van der Waals surface area contributed by atoms with Gasteiger partial charge in [-0.15, -0.1) is 0 Å². The van der Waals surface area contributed by atoms with E-state index < -0.39 is 0 Å². The molecule has 0 atom stereocenters. The molecular weight excluding hydrogens is 330 g/mol. The number of benzene rings is 1. The van der Waals surface area contributed by atoms with Gasteiger partial charge in [-0.05, 0) is 37.1 Å². The molecule has 0 unspecified atom stereocenters. The number of para-hydroxylation sites is 1. The average molecular weight is 353 g/mol. The topological polar surface area (TPSA) is 67.5 Å². The van der Waals surface area contributed by atoms with Crippen molar-refractivity contribution in [1.29, 1.82) is 5.26 Å². The van der Waals surface area contributed by atoms with Crippen LogP contribution in [-0.2, 0) is 4.74 Å². The quantitative estimate of drug-likeness (QED) is 0.747. The van der Waals surface area contributed by atoms with Crippen molar-refractivity contribution >= 4 is 5.97 Å². The molecule has 0 radical (unpaired) electrons. The maximum absolute atomic E-state index is 11.8. The number of rotatable bonds is 6. The molecule has 0 saturated carbocycles. The Morgan fingerprint density at radius 1 is 1.23 bits per heavy atom. The summed E-state index contributed by atoms with van der Waals surface area (Å²) in [5.74, 6) is 0.349. The van der Waals surface area contributed by atoms with Gasteiger partial charge in [0, 0.05) is 31.9 Å². The molecule has 3 rings (SSSR count). The van der Waals surface area contributed by atoms with Gasteiger partial charge in [-0.1, -0.05) is 12.1 Å². The first-order valence-electron chi connectivity index (χ1n) is 8.82. The first-order chi connectivity index (χ1) is 12.7. The highest BCUT2D eigenvalue weighted by molar-refractivity contribution is 5.87. The lowest BCUT2D eigenvalue weighted by Crippen LogP contribution is -2.37. The molecule has 2 heterocycles. The van der Waals surface area contributed by atoms with Gasteiger partial charge in [-0.25, -0.2) is 4.79 Å². The SMILES string of the molecule is COC(=O)c1cccn1C1CCN(CCOc2ccccc2C#N)CC1. The van der Waals surface area contributed by atoms with Crippen LogP contribution in [0.1, 0.15) is 34.9 Å². The predicted octanol–water partition coefficient (Wildman–Crippen LogP) is 2.86. The van der Waals surface area contributed by atoms with Gasteiger partial charge in [0.15, 0.2) is 0 Å². The van der Waals surface area contributed by atoms with Crippen LogP contribution in [0.15, 0.2) is 42.6 Å². The number of methoxy groups -OCH3 is 1. The highest BCUT2D eigenvalue weighted by Crippen LogP contribution is 2.25. The Hall–Kier alpha value is -2.78. The van der Waals surface area contributed by atoms with Crippen molar-refractivity contribution in [3.05, 3.63) is 53.9 Å². The van der Waals surface area contributed by atoms with Crippen molar-refractivity contribution in [1.82, 2.24) is 9.47 Å². The molecule has 2 aromatic rings. The minimum atomic E-state index is -0.290. The lowest BCUT2D eigenvalue weighted by atomic mass is 10.0. The number of nitrogens with zero attached hydrogens (tertiary/aromatic N) is 3. The van der Waals surface area contributed by atoms with E-state index in [1.54, 1.807) is 12.1 Å². The molecule has 0 aliphatic carbocycles. The van der Waals surface area contributed by atoms with Crippen LogP contribution in [0, 0.1) is 11.3 Å². The van der Waals surface area contributed by atoms with Crippen LogP contribution in [0.2, 0.25) is 0 Å². The van der Waals surface area contributed by atoms with E-state index in [4.69, 9.17) is 14.7 Å². The first-order valence-corrected chi connectivity index (χ1v) is 8.82. The van der Waals surface area contributed by atoms with Crippen LogP contribution in [0.5, 0.6) is 5.75 Å². The molecule has 0 spiro atoms. The van der Waals surface area contributed by atoms with Crippen LogP contribution >= 0.6 is 0 Å². The summed E-state index contributed by atoms with van der Waals surface area (Å²) in [5.41, 5.74) is 1.18. The van der Waals surface area contributed by atoms with E-state index >= 15 is 0 Å². The van der Waals surface area contributed by atoms with Gasteiger partial charge in [0.1, 0.15) is 24.1 Å². The fraction of sp³-hybridized carbons (Fsp3) is 0.400. The number of likely N-dealkylation sites (tertiary alicyclic amines) is 1. The van der Waals surface area contributed by atoms with Crippen molar-refractivity contribution < 1.29 is 14.3 Å².